The summed E-state index contributed by atoms with van der Waals surface area (Å²) in [7, 11) is 3.32. The van der Waals surface area contributed by atoms with Gasteiger partial charge in [0.2, 0.25) is 17.7 Å². The van der Waals surface area contributed by atoms with Crippen LogP contribution in [0.3, 0.4) is 0 Å². The fourth-order valence-electron chi connectivity index (χ4n) is 9.83. The molecule has 2 fully saturated rings. The number of carbonyl (C=O) groups is 5. The van der Waals surface area contributed by atoms with E-state index in [2.05, 4.69) is 73.0 Å². The average molecular weight is 904 g/mol. The molecule has 2 N–H and O–H groups in total. The molecule has 0 saturated carbocycles. The van der Waals surface area contributed by atoms with Crippen molar-refractivity contribution in [2.75, 3.05) is 46.9 Å². The molecule has 14 nitrogen and oxygen atoms in total. The zero-order valence-corrected chi connectivity index (χ0v) is 40.3. The van der Waals surface area contributed by atoms with Crippen LogP contribution in [0.5, 0.6) is 0 Å². The Balaban J connectivity index is 1.36. The topological polar surface area (TPSA) is 155 Å². The summed E-state index contributed by atoms with van der Waals surface area (Å²) in [6, 6.07) is 16.8. The van der Waals surface area contributed by atoms with Gasteiger partial charge in [0.05, 0.1) is 29.5 Å². The van der Waals surface area contributed by atoms with Crippen molar-refractivity contribution < 1.29 is 33.4 Å². The van der Waals surface area contributed by atoms with E-state index < -0.39 is 28.8 Å². The lowest BCUT2D eigenvalue weighted by molar-refractivity contribution is -0.149. The predicted octanol–water partition coefficient (Wildman–Crippen LogP) is 6.90. The Kier molecular flexibility index (Phi) is 15.9. The second kappa shape index (κ2) is 21.2. The Hall–Kier alpha value is -5.86. The Morgan fingerprint density at radius 3 is 2.47 bits per heavy atom. The van der Waals surface area contributed by atoms with Crippen molar-refractivity contribution in [3.63, 3.8) is 0 Å². The number of hydrazine groups is 1. The highest BCUT2D eigenvalue weighted by molar-refractivity contribution is 5.96. The predicted molar refractivity (Wildman–Crippen MR) is 257 cm³/mol. The van der Waals surface area contributed by atoms with Gasteiger partial charge >= 0.3 is 0 Å². The summed E-state index contributed by atoms with van der Waals surface area (Å²) in [5.74, 6) is -1.40. The third-order valence-corrected chi connectivity index (χ3v) is 13.3. The van der Waals surface area contributed by atoms with Gasteiger partial charge in [-0.15, -0.1) is 0 Å². The summed E-state index contributed by atoms with van der Waals surface area (Å²) in [4.78, 5) is 74.7. The zero-order valence-electron chi connectivity index (χ0n) is 40.3. The Bertz CT molecular complexity index is 2420. The molecule has 354 valence electrons. The highest BCUT2D eigenvalue weighted by Gasteiger charge is 2.46. The number of hydrogen-bond acceptors (Lipinski definition) is 9. The number of amides is 4. The zero-order chi connectivity index (χ0) is 47.9. The van der Waals surface area contributed by atoms with Crippen molar-refractivity contribution in [3.05, 3.63) is 90.3 Å². The maximum absolute atomic E-state index is 14.5. The van der Waals surface area contributed by atoms with Gasteiger partial charge in [0.1, 0.15) is 12.1 Å². The Morgan fingerprint density at radius 1 is 1.05 bits per heavy atom. The second-order valence-electron chi connectivity index (χ2n) is 19.3. The van der Waals surface area contributed by atoms with E-state index in [-0.39, 0.29) is 49.3 Å². The molecule has 66 heavy (non-hydrogen) atoms. The first-order chi connectivity index (χ1) is 31.5. The first kappa shape index (κ1) is 49.6. The normalized spacial score (nSPS) is 17.9. The van der Waals surface area contributed by atoms with Crippen molar-refractivity contribution >= 4 is 41.0 Å². The molecule has 0 aliphatic carbocycles. The van der Waals surface area contributed by atoms with Crippen LogP contribution in [0.25, 0.3) is 33.3 Å². The molecule has 2 saturated heterocycles. The number of rotatable bonds is 19. The number of ether oxygens (including phenoxy) is 2. The number of nitrogens with one attached hydrogen (secondary N) is 2. The molecule has 4 heterocycles. The van der Waals surface area contributed by atoms with Crippen LogP contribution < -0.4 is 10.7 Å². The summed E-state index contributed by atoms with van der Waals surface area (Å²) >= 11 is 0. The molecular formula is C52H69N7O7. The van der Waals surface area contributed by atoms with E-state index in [0.717, 1.165) is 62.9 Å². The SMILES string of the molecule is C=CC(=O)N1CC[C@](C)(C(=O)N(C)C(C(=O)NC(Cc2cccc(-c3ccc4c(c3)c(CC(C)(C)COC=O)c(-c3cccnc3C(C)OC)n4CC)c2)C(=O)N2CCCCN2)C(C)C)C1. The average Bonchev–Trinajstić information content (AvgIpc) is 3.87. The molecule has 2 aromatic carbocycles. The van der Waals surface area contributed by atoms with Crippen LogP contribution in [0.15, 0.2) is 73.4 Å². The lowest BCUT2D eigenvalue weighted by Crippen LogP contribution is -2.60. The van der Waals surface area contributed by atoms with Crippen LogP contribution in [-0.4, -0.2) is 113 Å². The van der Waals surface area contributed by atoms with Crippen LogP contribution in [0.1, 0.15) is 90.7 Å². The quantitative estimate of drug-likeness (QED) is 0.0756. The highest BCUT2D eigenvalue weighted by Crippen LogP contribution is 2.42. The Morgan fingerprint density at radius 2 is 1.80 bits per heavy atom. The Labute approximate surface area is 390 Å². The van der Waals surface area contributed by atoms with Crippen LogP contribution in [-0.2, 0) is 52.8 Å². The van der Waals surface area contributed by atoms with E-state index in [1.54, 1.807) is 30.3 Å². The molecule has 4 aromatic rings. The second-order valence-corrected chi connectivity index (χ2v) is 19.3. The number of likely N-dealkylation sites (tertiary alicyclic amines) is 1. The molecule has 0 radical (unpaired) electrons. The summed E-state index contributed by atoms with van der Waals surface area (Å²) in [5, 5.41) is 5.78. The summed E-state index contributed by atoms with van der Waals surface area (Å²) in [6.45, 7) is 20.8. The largest absolute Gasteiger partial charge is 0.467 e. The number of hydrogen-bond donors (Lipinski definition) is 2. The molecular weight excluding hydrogens is 835 g/mol. The highest BCUT2D eigenvalue weighted by atomic mass is 16.5. The van der Waals surface area contributed by atoms with Crippen molar-refractivity contribution in [1.29, 1.82) is 0 Å². The van der Waals surface area contributed by atoms with Crippen molar-refractivity contribution in [1.82, 2.24) is 35.1 Å². The first-order valence-corrected chi connectivity index (χ1v) is 23.3. The van der Waals surface area contributed by atoms with Gasteiger partial charge in [-0.25, -0.2) is 5.43 Å². The number of carbonyl (C=O) groups excluding carboxylic acids is 5. The smallest absolute Gasteiger partial charge is 0.293 e. The van der Waals surface area contributed by atoms with Gasteiger partial charge in [0.15, 0.2) is 0 Å². The van der Waals surface area contributed by atoms with Gasteiger partial charge in [-0.05, 0) is 105 Å². The molecule has 0 bridgehead atoms. The summed E-state index contributed by atoms with van der Waals surface area (Å²) in [6.07, 6.45) is 5.85. The molecule has 6 rings (SSSR count). The van der Waals surface area contributed by atoms with E-state index in [9.17, 15) is 24.0 Å². The molecule has 2 aliphatic rings. The number of nitrogens with zero attached hydrogens (tertiary/aromatic N) is 5. The summed E-state index contributed by atoms with van der Waals surface area (Å²) < 4.78 is 13.4. The van der Waals surface area contributed by atoms with E-state index >= 15 is 0 Å². The number of likely N-dealkylation sites (N-methyl/N-ethyl adjacent to an activating group) is 1. The van der Waals surface area contributed by atoms with Crippen molar-refractivity contribution in [2.24, 2.45) is 16.7 Å². The number of aromatic nitrogens is 2. The number of benzene rings is 2. The minimum absolute atomic E-state index is 0.214. The van der Waals surface area contributed by atoms with E-state index in [1.807, 2.05) is 52.0 Å². The molecule has 4 amide bonds. The fraction of sp³-hybridized carbons (Fsp3) is 0.500. The van der Waals surface area contributed by atoms with Gasteiger partial charge in [-0.1, -0.05) is 64.6 Å². The minimum atomic E-state index is -0.930. The minimum Gasteiger partial charge on any atom is -0.467 e. The van der Waals surface area contributed by atoms with E-state index in [4.69, 9.17) is 14.5 Å². The first-order valence-electron chi connectivity index (χ1n) is 23.3. The third-order valence-electron chi connectivity index (χ3n) is 13.3. The number of pyridine rings is 1. The van der Waals surface area contributed by atoms with Gasteiger partial charge in [0, 0.05) is 81.4 Å². The fourth-order valence-corrected chi connectivity index (χ4v) is 9.83. The van der Waals surface area contributed by atoms with Crippen molar-refractivity contribution in [2.45, 2.75) is 105 Å². The van der Waals surface area contributed by atoms with E-state index in [0.29, 0.717) is 45.5 Å². The van der Waals surface area contributed by atoms with Crippen LogP contribution in [0.2, 0.25) is 0 Å². The molecule has 2 aliphatic heterocycles. The lowest BCUT2D eigenvalue weighted by Gasteiger charge is -2.37. The van der Waals surface area contributed by atoms with Gasteiger partial charge < -0.3 is 29.2 Å². The standard InChI is InChI=1S/C52H69N7O7/c1-11-44(61)57-26-22-52(8,31-57)50(64)56(9)46(34(3)4)48(62)55-42(49(63)59-25-14-13-24-54-59)28-36-17-15-18-37(27-36)38-20-21-43-40(29-38)41(30-51(6,7)32-66-33-60)47(58(43)12-2)39-19-16-23-53-45(39)35(5)65-10/h11,15-21,23,27,29,33-35,42,46,54H,1,12-14,22,24-26,28,30-32H2,2-10H3,(H,55,62)/t35?,42?,46?,52-/m0/s1. The molecule has 0 spiro atoms. The maximum Gasteiger partial charge on any atom is 0.293 e. The molecule has 3 unspecified atom stereocenters. The van der Waals surface area contributed by atoms with Crippen LogP contribution in [0.4, 0.5) is 0 Å². The molecule has 4 atom stereocenters. The lowest BCUT2D eigenvalue weighted by atomic mass is 9.84. The third kappa shape index (κ3) is 10.7. The van der Waals surface area contributed by atoms with Crippen molar-refractivity contribution in [3.8, 4) is 22.4 Å². The number of fused-ring (bicyclic) bond motifs is 1. The number of methoxy groups -OCH3 is 1. The van der Waals surface area contributed by atoms with Gasteiger partial charge in [-0.2, -0.15) is 0 Å². The molecule has 2 aromatic heterocycles. The van der Waals surface area contributed by atoms with E-state index in [1.165, 1.54) is 11.0 Å². The maximum atomic E-state index is 14.5. The van der Waals surface area contributed by atoms with Crippen LogP contribution in [0, 0.1) is 16.7 Å². The number of aryl methyl sites for hydroxylation is 1. The molecule has 14 heteroatoms. The van der Waals surface area contributed by atoms with Gasteiger partial charge in [-0.3, -0.25) is 34.0 Å². The van der Waals surface area contributed by atoms with Crippen LogP contribution >= 0.6 is 0 Å². The summed E-state index contributed by atoms with van der Waals surface area (Å²) in [5.41, 5.74) is 9.74. The monoisotopic (exact) mass is 904 g/mol. The van der Waals surface area contributed by atoms with Gasteiger partial charge in [0.25, 0.3) is 12.4 Å².